The van der Waals surface area contributed by atoms with Gasteiger partial charge in [-0.15, -0.1) is 0 Å². The van der Waals surface area contributed by atoms with E-state index in [1.54, 1.807) is 6.07 Å². The number of para-hydroxylation sites is 1. The van der Waals surface area contributed by atoms with Gasteiger partial charge in [0.2, 0.25) is 0 Å². The summed E-state index contributed by atoms with van der Waals surface area (Å²) in [6, 6.07) is 5.42. The molecule has 88 valence electrons. The molecule has 0 spiro atoms. The molecular weight excluding hydrogens is 222 g/mol. The van der Waals surface area contributed by atoms with E-state index in [0.29, 0.717) is 10.7 Å². The minimum absolute atomic E-state index is 0.0352. The average Bonchev–Trinajstić information content (AvgIpc) is 2.27. The van der Waals surface area contributed by atoms with Gasteiger partial charge < -0.3 is 15.6 Å². The first-order valence-corrected chi connectivity index (χ1v) is 5.55. The molecular formula is C12H17NO2S. The predicted octanol–water partition coefficient (Wildman–Crippen LogP) is 2.43. The van der Waals surface area contributed by atoms with Crippen molar-refractivity contribution in [1.29, 1.82) is 0 Å². The molecule has 0 saturated carbocycles. The lowest BCUT2D eigenvalue weighted by Gasteiger charge is -2.20. The van der Waals surface area contributed by atoms with Crippen LogP contribution < -0.4 is 10.5 Å². The summed E-state index contributed by atoms with van der Waals surface area (Å²) in [4.78, 5) is 0.453. The Balaban J connectivity index is 3.08. The largest absolute Gasteiger partial charge is 0.504 e. The fraction of sp³-hybridized carbons (Fsp3) is 0.417. The van der Waals surface area contributed by atoms with Crippen LogP contribution in [0, 0.1) is 5.92 Å². The highest BCUT2D eigenvalue weighted by Crippen LogP contribution is 2.37. The van der Waals surface area contributed by atoms with Gasteiger partial charge in [-0.05, 0) is 12.0 Å². The summed E-state index contributed by atoms with van der Waals surface area (Å²) in [6.45, 7) is 3.93. The monoisotopic (exact) mass is 239 g/mol. The first kappa shape index (κ1) is 12.8. The summed E-state index contributed by atoms with van der Waals surface area (Å²) in [5.74, 6) is 0.737. The molecule has 2 atom stereocenters. The van der Waals surface area contributed by atoms with Gasteiger partial charge in [-0.2, -0.15) is 0 Å². The van der Waals surface area contributed by atoms with Crippen LogP contribution in [0.3, 0.4) is 0 Å². The Morgan fingerprint density at radius 3 is 2.56 bits per heavy atom. The number of rotatable bonds is 4. The number of thiocarbonyl (C=S) groups is 1. The summed E-state index contributed by atoms with van der Waals surface area (Å²) in [5, 5.41) is 9.98. The van der Waals surface area contributed by atoms with E-state index in [2.05, 4.69) is 0 Å². The smallest absolute Gasteiger partial charge is 0.161 e. The highest BCUT2D eigenvalue weighted by atomic mass is 32.1. The highest BCUT2D eigenvalue weighted by molar-refractivity contribution is 7.80. The summed E-state index contributed by atoms with van der Waals surface area (Å²) in [5.41, 5.74) is 6.42. The van der Waals surface area contributed by atoms with E-state index in [1.807, 2.05) is 26.0 Å². The summed E-state index contributed by atoms with van der Waals surface area (Å²) in [6.07, 6.45) is 0. The fourth-order valence-corrected chi connectivity index (χ4v) is 1.79. The molecule has 0 radical (unpaired) electrons. The molecule has 0 saturated heterocycles. The van der Waals surface area contributed by atoms with E-state index in [9.17, 15) is 5.11 Å². The number of hydrogen-bond acceptors (Lipinski definition) is 3. The second kappa shape index (κ2) is 5.16. The second-order valence-electron chi connectivity index (χ2n) is 3.88. The van der Waals surface area contributed by atoms with Gasteiger partial charge in [0.15, 0.2) is 11.5 Å². The van der Waals surface area contributed by atoms with E-state index in [-0.39, 0.29) is 17.6 Å². The molecule has 3 N–H and O–H groups in total. The van der Waals surface area contributed by atoms with Gasteiger partial charge in [0, 0.05) is 11.5 Å². The Bertz CT molecular complexity index is 393. The SMILES string of the molecule is COc1cccc(C(C)C(C)C(N)=S)c1O. The first-order valence-electron chi connectivity index (χ1n) is 5.14. The number of phenols is 1. The van der Waals surface area contributed by atoms with Crippen LogP contribution in [0.2, 0.25) is 0 Å². The van der Waals surface area contributed by atoms with Gasteiger partial charge in [-0.25, -0.2) is 0 Å². The lowest BCUT2D eigenvalue weighted by Crippen LogP contribution is -2.23. The van der Waals surface area contributed by atoms with Gasteiger partial charge >= 0.3 is 0 Å². The maximum atomic E-state index is 9.98. The zero-order chi connectivity index (χ0) is 12.3. The third-order valence-corrected chi connectivity index (χ3v) is 3.31. The van der Waals surface area contributed by atoms with Crippen molar-refractivity contribution in [2.45, 2.75) is 19.8 Å². The Hall–Kier alpha value is -1.29. The summed E-state index contributed by atoms with van der Waals surface area (Å²) in [7, 11) is 1.53. The molecule has 0 amide bonds. The van der Waals surface area contributed by atoms with Crippen molar-refractivity contribution in [3.05, 3.63) is 23.8 Å². The number of benzene rings is 1. The van der Waals surface area contributed by atoms with Crippen LogP contribution in [-0.4, -0.2) is 17.2 Å². The number of phenolic OH excluding ortho intramolecular Hbond substituents is 1. The van der Waals surface area contributed by atoms with Gasteiger partial charge in [0.25, 0.3) is 0 Å². The second-order valence-corrected chi connectivity index (χ2v) is 4.35. The standard InChI is InChI=1S/C12H17NO2S/c1-7(8(2)12(13)16)9-5-4-6-10(15-3)11(9)14/h4-8,14H,1-3H3,(H2,13,16). The third kappa shape index (κ3) is 2.44. The lowest BCUT2D eigenvalue weighted by atomic mass is 9.88. The normalized spacial score (nSPS) is 14.2. The Morgan fingerprint density at radius 1 is 1.44 bits per heavy atom. The topological polar surface area (TPSA) is 55.5 Å². The Kier molecular flexibility index (Phi) is 4.12. The van der Waals surface area contributed by atoms with Crippen molar-refractivity contribution in [3.63, 3.8) is 0 Å². The fourth-order valence-electron chi connectivity index (χ4n) is 1.59. The molecule has 1 aromatic rings. The van der Waals surface area contributed by atoms with Crippen molar-refractivity contribution in [2.75, 3.05) is 7.11 Å². The maximum absolute atomic E-state index is 9.98. The molecule has 0 aliphatic rings. The molecule has 1 rings (SSSR count). The van der Waals surface area contributed by atoms with Crippen molar-refractivity contribution >= 4 is 17.2 Å². The van der Waals surface area contributed by atoms with Crippen LogP contribution in [0.4, 0.5) is 0 Å². The third-order valence-electron chi connectivity index (χ3n) is 2.94. The molecule has 3 nitrogen and oxygen atoms in total. The summed E-state index contributed by atoms with van der Waals surface area (Å²) < 4.78 is 5.06. The van der Waals surface area contributed by atoms with Crippen LogP contribution >= 0.6 is 12.2 Å². The average molecular weight is 239 g/mol. The number of ether oxygens (including phenoxy) is 1. The van der Waals surface area contributed by atoms with Crippen LogP contribution in [0.1, 0.15) is 25.3 Å². The molecule has 0 aromatic heterocycles. The van der Waals surface area contributed by atoms with Crippen molar-refractivity contribution < 1.29 is 9.84 Å². The van der Waals surface area contributed by atoms with Crippen molar-refractivity contribution in [3.8, 4) is 11.5 Å². The van der Waals surface area contributed by atoms with Crippen molar-refractivity contribution in [1.82, 2.24) is 0 Å². The molecule has 16 heavy (non-hydrogen) atoms. The minimum Gasteiger partial charge on any atom is -0.504 e. The van der Waals surface area contributed by atoms with Crippen LogP contribution in [0.5, 0.6) is 11.5 Å². The van der Waals surface area contributed by atoms with Crippen LogP contribution in [0.15, 0.2) is 18.2 Å². The number of methoxy groups -OCH3 is 1. The minimum atomic E-state index is 0.0352. The van der Waals surface area contributed by atoms with Gasteiger partial charge in [0.1, 0.15) is 0 Å². The highest BCUT2D eigenvalue weighted by Gasteiger charge is 2.21. The van der Waals surface area contributed by atoms with Gasteiger partial charge in [0.05, 0.1) is 12.1 Å². The zero-order valence-corrected chi connectivity index (χ0v) is 10.5. The van der Waals surface area contributed by atoms with E-state index in [1.165, 1.54) is 7.11 Å². The number of aromatic hydroxyl groups is 1. The van der Waals surface area contributed by atoms with E-state index < -0.39 is 0 Å². The van der Waals surface area contributed by atoms with E-state index >= 15 is 0 Å². The Morgan fingerprint density at radius 2 is 2.06 bits per heavy atom. The van der Waals surface area contributed by atoms with Gasteiger partial charge in [-0.3, -0.25) is 0 Å². The number of hydrogen-bond donors (Lipinski definition) is 2. The zero-order valence-electron chi connectivity index (χ0n) is 9.73. The van der Waals surface area contributed by atoms with Crippen molar-refractivity contribution in [2.24, 2.45) is 11.7 Å². The van der Waals surface area contributed by atoms with Crippen LogP contribution in [0.25, 0.3) is 0 Å². The van der Waals surface area contributed by atoms with Crippen LogP contribution in [-0.2, 0) is 0 Å². The van der Waals surface area contributed by atoms with Gasteiger partial charge in [-0.1, -0.05) is 38.2 Å². The molecule has 0 aliphatic carbocycles. The molecule has 2 unspecified atom stereocenters. The molecule has 4 heteroatoms. The molecule has 0 aliphatic heterocycles. The van der Waals surface area contributed by atoms with E-state index in [4.69, 9.17) is 22.7 Å². The van der Waals surface area contributed by atoms with E-state index in [0.717, 1.165) is 5.56 Å². The molecule has 0 fully saturated rings. The molecule has 0 bridgehead atoms. The Labute approximate surface area is 101 Å². The quantitative estimate of drug-likeness (QED) is 0.792. The number of nitrogens with two attached hydrogens (primary N) is 1. The lowest BCUT2D eigenvalue weighted by molar-refractivity contribution is 0.367. The molecule has 0 heterocycles. The molecule has 1 aromatic carbocycles. The maximum Gasteiger partial charge on any atom is 0.161 e. The summed E-state index contributed by atoms with van der Waals surface area (Å²) >= 11 is 4.96. The predicted molar refractivity (Wildman–Crippen MR) is 69.0 cm³/mol. The first-order chi connectivity index (χ1) is 7.49.